The Morgan fingerprint density at radius 3 is 2.95 bits per heavy atom. The van der Waals surface area contributed by atoms with Crippen LogP contribution in [0, 0.1) is 0 Å². The third-order valence-corrected chi connectivity index (χ3v) is 4.20. The lowest BCUT2D eigenvalue weighted by Crippen LogP contribution is -2.03. The zero-order valence-corrected chi connectivity index (χ0v) is 11.7. The van der Waals surface area contributed by atoms with Gasteiger partial charge in [-0.2, -0.15) is 0 Å². The number of benzene rings is 1. The van der Waals surface area contributed by atoms with Gasteiger partial charge in [-0.1, -0.05) is 0 Å². The number of hydrogen-bond acceptors (Lipinski definition) is 3. The minimum Gasteiger partial charge on any atom is -0.497 e. The van der Waals surface area contributed by atoms with Crippen molar-refractivity contribution < 1.29 is 14.6 Å². The summed E-state index contributed by atoms with van der Waals surface area (Å²) in [6.45, 7) is 0.557. The summed E-state index contributed by atoms with van der Waals surface area (Å²) < 4.78 is 7.25. The molecule has 0 aliphatic carbocycles. The Bertz CT molecular complexity index is 772. The van der Waals surface area contributed by atoms with E-state index in [0.29, 0.717) is 11.4 Å². The molecule has 0 saturated heterocycles. The van der Waals surface area contributed by atoms with Gasteiger partial charge < -0.3 is 14.4 Å². The lowest BCUT2D eigenvalue weighted by atomic mass is 10.2. The molecule has 3 aromatic rings. The maximum Gasteiger partial charge on any atom is 0.346 e. The first-order valence-corrected chi connectivity index (χ1v) is 6.99. The van der Waals surface area contributed by atoms with Crippen LogP contribution in [-0.4, -0.2) is 22.8 Å². The second kappa shape index (κ2) is 5.02. The number of aromatic nitrogens is 1. The molecule has 1 aromatic carbocycles. The van der Waals surface area contributed by atoms with Gasteiger partial charge in [-0.05, 0) is 41.3 Å². The van der Waals surface area contributed by atoms with Gasteiger partial charge in [0.2, 0.25) is 0 Å². The van der Waals surface area contributed by atoms with Gasteiger partial charge in [-0.25, -0.2) is 4.79 Å². The number of methoxy groups -OCH3 is 1. The quantitative estimate of drug-likeness (QED) is 0.799. The highest BCUT2D eigenvalue weighted by Gasteiger charge is 2.12. The highest BCUT2D eigenvalue weighted by atomic mass is 32.1. The van der Waals surface area contributed by atoms with Crippen molar-refractivity contribution in [1.29, 1.82) is 0 Å². The number of thiophene rings is 1. The molecule has 0 radical (unpaired) electrons. The molecule has 0 bridgehead atoms. The molecule has 0 aliphatic rings. The number of rotatable bonds is 4. The fourth-order valence-corrected chi connectivity index (χ4v) is 3.03. The minimum atomic E-state index is -0.867. The number of carboxylic acids is 1. The molecule has 0 amide bonds. The summed E-state index contributed by atoms with van der Waals surface area (Å²) in [5, 5.41) is 12.0. The van der Waals surface area contributed by atoms with Crippen LogP contribution in [0.1, 0.15) is 15.2 Å². The number of ether oxygens (including phenoxy) is 1. The lowest BCUT2D eigenvalue weighted by Gasteiger charge is -2.06. The Hall–Kier alpha value is -2.27. The first-order chi connectivity index (χ1) is 9.69. The van der Waals surface area contributed by atoms with Crippen LogP contribution in [0.5, 0.6) is 5.75 Å². The van der Waals surface area contributed by atoms with Gasteiger partial charge in [0, 0.05) is 23.6 Å². The first kappa shape index (κ1) is 12.7. The average molecular weight is 287 g/mol. The predicted molar refractivity (Wildman–Crippen MR) is 78.9 cm³/mol. The number of carbonyl (C=O) groups is 1. The normalized spacial score (nSPS) is 10.8. The van der Waals surface area contributed by atoms with Crippen LogP contribution >= 0.6 is 11.3 Å². The third kappa shape index (κ3) is 2.16. The Morgan fingerprint density at radius 1 is 1.35 bits per heavy atom. The number of carboxylic acid groups (broad SMARTS) is 1. The number of aromatic carboxylic acids is 1. The van der Waals surface area contributed by atoms with Crippen LogP contribution in [0.25, 0.3) is 10.9 Å². The maximum absolute atomic E-state index is 11.1. The van der Waals surface area contributed by atoms with Crippen LogP contribution in [0.4, 0.5) is 0 Å². The highest BCUT2D eigenvalue weighted by molar-refractivity contribution is 7.12. The summed E-state index contributed by atoms with van der Waals surface area (Å²) in [5.41, 5.74) is 1.89. The molecule has 0 aliphatic heterocycles. The smallest absolute Gasteiger partial charge is 0.346 e. The molecule has 0 saturated carbocycles. The van der Waals surface area contributed by atoms with Crippen molar-refractivity contribution in [3.8, 4) is 5.75 Å². The van der Waals surface area contributed by atoms with Crippen LogP contribution in [-0.2, 0) is 6.54 Å². The predicted octanol–water partition coefficient (Wildman–Crippen LogP) is 3.46. The van der Waals surface area contributed by atoms with E-state index >= 15 is 0 Å². The molecule has 102 valence electrons. The van der Waals surface area contributed by atoms with Crippen LogP contribution in [0.15, 0.2) is 41.9 Å². The van der Waals surface area contributed by atoms with E-state index < -0.39 is 5.97 Å². The molecule has 0 fully saturated rings. The molecular weight excluding hydrogens is 274 g/mol. The van der Waals surface area contributed by atoms with E-state index in [1.807, 2.05) is 46.5 Å². The summed E-state index contributed by atoms with van der Waals surface area (Å²) in [4.78, 5) is 11.5. The number of fused-ring (bicyclic) bond motifs is 1. The van der Waals surface area contributed by atoms with Crippen molar-refractivity contribution in [2.24, 2.45) is 0 Å². The third-order valence-electron chi connectivity index (χ3n) is 3.26. The fourth-order valence-electron chi connectivity index (χ4n) is 2.27. The van der Waals surface area contributed by atoms with Gasteiger partial charge in [-0.3, -0.25) is 0 Å². The van der Waals surface area contributed by atoms with Gasteiger partial charge in [0.05, 0.1) is 7.11 Å². The van der Waals surface area contributed by atoms with E-state index in [4.69, 9.17) is 9.84 Å². The van der Waals surface area contributed by atoms with Crippen molar-refractivity contribution in [2.75, 3.05) is 7.11 Å². The van der Waals surface area contributed by atoms with Gasteiger partial charge in [0.15, 0.2) is 0 Å². The Kier molecular flexibility index (Phi) is 3.20. The van der Waals surface area contributed by atoms with E-state index in [9.17, 15) is 4.79 Å². The molecule has 0 unspecified atom stereocenters. The Morgan fingerprint density at radius 2 is 2.20 bits per heavy atom. The summed E-state index contributed by atoms with van der Waals surface area (Å²) in [6.07, 6.45) is 1.97. The van der Waals surface area contributed by atoms with Crippen LogP contribution in [0.2, 0.25) is 0 Å². The second-order valence-corrected chi connectivity index (χ2v) is 5.36. The lowest BCUT2D eigenvalue weighted by molar-refractivity contribution is 0.0701. The van der Waals surface area contributed by atoms with Crippen molar-refractivity contribution in [2.45, 2.75) is 6.54 Å². The average Bonchev–Trinajstić information content (AvgIpc) is 3.06. The topological polar surface area (TPSA) is 51.5 Å². The van der Waals surface area contributed by atoms with Crippen molar-refractivity contribution in [1.82, 2.24) is 4.57 Å². The van der Waals surface area contributed by atoms with Crippen LogP contribution < -0.4 is 4.74 Å². The molecule has 20 heavy (non-hydrogen) atoms. The van der Waals surface area contributed by atoms with E-state index in [0.717, 1.165) is 22.2 Å². The molecular formula is C15H13NO3S. The summed E-state index contributed by atoms with van der Waals surface area (Å²) in [6, 6.07) is 9.73. The molecule has 4 nitrogen and oxygen atoms in total. The summed E-state index contributed by atoms with van der Waals surface area (Å²) in [7, 11) is 1.64. The number of nitrogens with zero attached hydrogens (tertiary/aromatic N) is 1. The zero-order valence-electron chi connectivity index (χ0n) is 10.9. The summed E-state index contributed by atoms with van der Waals surface area (Å²) >= 11 is 1.26. The van der Waals surface area contributed by atoms with E-state index in [1.54, 1.807) is 7.11 Å². The SMILES string of the molecule is COc1ccc2c(ccn2Cc2ccsc2C(=O)O)c1. The standard InChI is InChI=1S/C15H13NO3S/c1-19-12-2-3-13-10(8-12)4-6-16(13)9-11-5-7-20-14(11)15(17)18/h2-8H,9H2,1H3,(H,17,18). The molecule has 0 atom stereocenters. The minimum absolute atomic E-state index is 0.403. The van der Waals surface area contributed by atoms with E-state index in [-0.39, 0.29) is 0 Å². The monoisotopic (exact) mass is 287 g/mol. The zero-order chi connectivity index (χ0) is 14.1. The second-order valence-electron chi connectivity index (χ2n) is 4.45. The van der Waals surface area contributed by atoms with E-state index in [1.165, 1.54) is 11.3 Å². The van der Waals surface area contributed by atoms with Gasteiger partial charge in [0.1, 0.15) is 10.6 Å². The molecule has 5 heteroatoms. The van der Waals surface area contributed by atoms with Crippen molar-refractivity contribution in [3.63, 3.8) is 0 Å². The molecule has 2 aromatic heterocycles. The summed E-state index contributed by atoms with van der Waals surface area (Å²) in [5.74, 6) is -0.0508. The first-order valence-electron chi connectivity index (χ1n) is 6.11. The van der Waals surface area contributed by atoms with Gasteiger partial charge in [-0.15, -0.1) is 11.3 Å². The van der Waals surface area contributed by atoms with E-state index in [2.05, 4.69) is 0 Å². The van der Waals surface area contributed by atoms with Crippen molar-refractivity contribution >= 4 is 28.2 Å². The maximum atomic E-state index is 11.1. The number of hydrogen-bond donors (Lipinski definition) is 1. The molecule has 1 N–H and O–H groups in total. The molecule has 0 spiro atoms. The molecule has 2 heterocycles. The highest BCUT2D eigenvalue weighted by Crippen LogP contribution is 2.24. The van der Waals surface area contributed by atoms with Crippen LogP contribution in [0.3, 0.4) is 0 Å². The molecule has 3 rings (SSSR count). The van der Waals surface area contributed by atoms with Gasteiger partial charge in [0.25, 0.3) is 0 Å². The fraction of sp³-hybridized carbons (Fsp3) is 0.133. The largest absolute Gasteiger partial charge is 0.497 e. The van der Waals surface area contributed by atoms with Gasteiger partial charge >= 0.3 is 5.97 Å². The Balaban J connectivity index is 1.99. The Labute approximate surface area is 119 Å². The van der Waals surface area contributed by atoms with Crippen molar-refractivity contribution in [3.05, 3.63) is 52.3 Å².